The molecule has 1 unspecified atom stereocenters. The highest BCUT2D eigenvalue weighted by Crippen LogP contribution is 2.45. The van der Waals surface area contributed by atoms with Gasteiger partial charge < -0.3 is 5.11 Å². The zero-order valence-corrected chi connectivity index (χ0v) is 8.23. The Hall–Kier alpha value is -1.03. The van der Waals surface area contributed by atoms with Gasteiger partial charge in [0.25, 0.3) is 0 Å². The fourth-order valence-corrected chi connectivity index (χ4v) is 1.73. The van der Waals surface area contributed by atoms with E-state index in [1.165, 1.54) is 6.92 Å². The van der Waals surface area contributed by atoms with Crippen LogP contribution in [0.4, 0.5) is 13.2 Å². The number of hydrogen-bond donors (Lipinski definition) is 1. The van der Waals surface area contributed by atoms with Gasteiger partial charge in [-0.1, -0.05) is 0 Å². The molecule has 0 amide bonds. The standard InChI is InChI=1S/C11H11F3O/c1-11(15,6-2-3-6)7-4-8(12)10(14)9(13)5-7/h4-6,15H,2-3H2,1H3. The molecule has 0 radical (unpaired) electrons. The molecule has 0 bridgehead atoms. The van der Waals surface area contributed by atoms with Gasteiger partial charge in [-0.25, -0.2) is 13.2 Å². The second kappa shape index (κ2) is 3.23. The van der Waals surface area contributed by atoms with E-state index in [0.29, 0.717) is 0 Å². The molecule has 2 rings (SSSR count). The number of benzene rings is 1. The van der Waals surface area contributed by atoms with Crippen LogP contribution in [0.5, 0.6) is 0 Å². The Morgan fingerprint density at radius 2 is 1.67 bits per heavy atom. The van der Waals surface area contributed by atoms with Crippen LogP contribution >= 0.6 is 0 Å². The number of rotatable bonds is 2. The Morgan fingerprint density at radius 1 is 1.20 bits per heavy atom. The lowest BCUT2D eigenvalue weighted by Gasteiger charge is -2.23. The molecule has 1 atom stereocenters. The molecule has 1 nitrogen and oxygen atoms in total. The smallest absolute Gasteiger partial charge is 0.194 e. The SMILES string of the molecule is CC(O)(c1cc(F)c(F)c(F)c1)C1CC1. The maximum atomic E-state index is 12.9. The lowest BCUT2D eigenvalue weighted by atomic mass is 9.91. The molecule has 1 aliphatic carbocycles. The van der Waals surface area contributed by atoms with E-state index in [9.17, 15) is 18.3 Å². The molecule has 4 heteroatoms. The summed E-state index contributed by atoms with van der Waals surface area (Å²) in [6.07, 6.45) is 1.65. The molecular formula is C11H11F3O. The average molecular weight is 216 g/mol. The van der Waals surface area contributed by atoms with Gasteiger partial charge in [-0.3, -0.25) is 0 Å². The van der Waals surface area contributed by atoms with Gasteiger partial charge in [0.05, 0.1) is 5.60 Å². The van der Waals surface area contributed by atoms with Crippen LogP contribution in [0.1, 0.15) is 25.3 Å². The summed E-state index contributed by atoms with van der Waals surface area (Å²) in [5.41, 5.74) is -1.17. The van der Waals surface area contributed by atoms with E-state index in [0.717, 1.165) is 25.0 Å². The molecule has 0 aliphatic heterocycles. The van der Waals surface area contributed by atoms with Gasteiger partial charge in [0.15, 0.2) is 17.5 Å². The van der Waals surface area contributed by atoms with Crippen molar-refractivity contribution < 1.29 is 18.3 Å². The quantitative estimate of drug-likeness (QED) is 0.753. The van der Waals surface area contributed by atoms with Crippen molar-refractivity contribution >= 4 is 0 Å². The van der Waals surface area contributed by atoms with Gasteiger partial charge in [0.2, 0.25) is 0 Å². The van der Waals surface area contributed by atoms with Gasteiger partial charge in [-0.05, 0) is 43.4 Å². The lowest BCUT2D eigenvalue weighted by molar-refractivity contribution is 0.0323. The van der Waals surface area contributed by atoms with Crippen LogP contribution in [0.25, 0.3) is 0 Å². The second-order valence-corrected chi connectivity index (χ2v) is 4.18. The summed E-state index contributed by atoms with van der Waals surface area (Å²) in [6.45, 7) is 1.50. The van der Waals surface area contributed by atoms with Crippen molar-refractivity contribution in [3.8, 4) is 0 Å². The summed E-state index contributed by atoms with van der Waals surface area (Å²) < 4.78 is 38.5. The molecule has 82 valence electrons. The zero-order chi connectivity index (χ0) is 11.2. The summed E-state index contributed by atoms with van der Waals surface area (Å²) in [4.78, 5) is 0. The molecule has 1 aromatic rings. The van der Waals surface area contributed by atoms with Crippen molar-refractivity contribution in [1.82, 2.24) is 0 Å². The van der Waals surface area contributed by atoms with Crippen LogP contribution in [-0.2, 0) is 5.60 Å². The van der Waals surface area contributed by atoms with Gasteiger partial charge in [0, 0.05) is 0 Å². The van der Waals surface area contributed by atoms with Crippen molar-refractivity contribution in [2.45, 2.75) is 25.4 Å². The van der Waals surface area contributed by atoms with E-state index in [4.69, 9.17) is 0 Å². The highest BCUT2D eigenvalue weighted by molar-refractivity contribution is 5.26. The Kier molecular flexibility index (Phi) is 2.26. The van der Waals surface area contributed by atoms with Crippen LogP contribution in [0.2, 0.25) is 0 Å². The van der Waals surface area contributed by atoms with Crippen molar-refractivity contribution in [2.75, 3.05) is 0 Å². The first kappa shape index (κ1) is 10.5. The number of halogens is 3. The Balaban J connectivity index is 2.44. The zero-order valence-electron chi connectivity index (χ0n) is 8.23. The Morgan fingerprint density at radius 3 is 2.07 bits per heavy atom. The maximum absolute atomic E-state index is 12.9. The van der Waals surface area contributed by atoms with E-state index in [1.807, 2.05) is 0 Å². The fourth-order valence-electron chi connectivity index (χ4n) is 1.73. The van der Waals surface area contributed by atoms with Gasteiger partial charge in [-0.15, -0.1) is 0 Å². The minimum Gasteiger partial charge on any atom is -0.385 e. The topological polar surface area (TPSA) is 20.2 Å². The first-order chi connectivity index (χ1) is 6.93. The Bertz CT molecular complexity index is 374. The van der Waals surface area contributed by atoms with Crippen molar-refractivity contribution in [3.05, 3.63) is 35.1 Å². The van der Waals surface area contributed by atoms with E-state index in [2.05, 4.69) is 0 Å². The van der Waals surface area contributed by atoms with Gasteiger partial charge >= 0.3 is 0 Å². The molecule has 1 aromatic carbocycles. The normalized spacial score (nSPS) is 20.1. The third kappa shape index (κ3) is 1.74. The molecule has 0 aromatic heterocycles. The summed E-state index contributed by atoms with van der Waals surface area (Å²) >= 11 is 0. The van der Waals surface area contributed by atoms with Crippen molar-refractivity contribution in [1.29, 1.82) is 0 Å². The summed E-state index contributed by atoms with van der Waals surface area (Å²) in [6, 6.07) is 1.72. The first-order valence-corrected chi connectivity index (χ1v) is 4.80. The van der Waals surface area contributed by atoms with E-state index in [1.54, 1.807) is 0 Å². The van der Waals surface area contributed by atoms with Crippen molar-refractivity contribution in [2.24, 2.45) is 5.92 Å². The van der Waals surface area contributed by atoms with Crippen LogP contribution in [0, 0.1) is 23.4 Å². The monoisotopic (exact) mass is 216 g/mol. The van der Waals surface area contributed by atoms with Crippen LogP contribution in [-0.4, -0.2) is 5.11 Å². The second-order valence-electron chi connectivity index (χ2n) is 4.18. The predicted molar refractivity (Wildman–Crippen MR) is 48.6 cm³/mol. The van der Waals surface area contributed by atoms with Crippen molar-refractivity contribution in [3.63, 3.8) is 0 Å². The molecule has 0 spiro atoms. The number of aliphatic hydroxyl groups is 1. The fraction of sp³-hybridized carbons (Fsp3) is 0.455. The van der Waals surface area contributed by atoms with Crippen LogP contribution < -0.4 is 0 Å². The van der Waals surface area contributed by atoms with E-state index < -0.39 is 23.1 Å². The predicted octanol–water partition coefficient (Wildman–Crippen LogP) is 2.72. The minimum absolute atomic E-state index is 0.0155. The largest absolute Gasteiger partial charge is 0.385 e. The van der Waals surface area contributed by atoms with Gasteiger partial charge in [0.1, 0.15) is 0 Å². The molecular weight excluding hydrogens is 205 g/mol. The van der Waals surface area contributed by atoms with Gasteiger partial charge in [-0.2, -0.15) is 0 Å². The lowest BCUT2D eigenvalue weighted by Crippen LogP contribution is -2.24. The van der Waals surface area contributed by atoms with Crippen LogP contribution in [0.3, 0.4) is 0 Å². The van der Waals surface area contributed by atoms with Crippen LogP contribution in [0.15, 0.2) is 12.1 Å². The maximum Gasteiger partial charge on any atom is 0.194 e. The Labute approximate surface area is 85.5 Å². The van der Waals surface area contributed by atoms with E-state index in [-0.39, 0.29) is 11.5 Å². The molecule has 1 aliphatic rings. The summed E-state index contributed by atoms with van der Waals surface area (Å²) in [5, 5.41) is 10.0. The average Bonchev–Trinajstić information content (AvgIpc) is 2.96. The third-order valence-corrected chi connectivity index (χ3v) is 2.94. The third-order valence-electron chi connectivity index (χ3n) is 2.94. The molecule has 0 heterocycles. The molecule has 1 N–H and O–H groups in total. The van der Waals surface area contributed by atoms with E-state index >= 15 is 0 Å². The minimum atomic E-state index is -1.50. The molecule has 1 saturated carbocycles. The molecule has 0 saturated heterocycles. The number of hydrogen-bond acceptors (Lipinski definition) is 1. The highest BCUT2D eigenvalue weighted by Gasteiger charge is 2.41. The molecule has 15 heavy (non-hydrogen) atoms. The highest BCUT2D eigenvalue weighted by atomic mass is 19.2. The summed E-state index contributed by atoms with van der Waals surface area (Å²) in [5.74, 6) is -4.00. The summed E-state index contributed by atoms with van der Waals surface area (Å²) in [7, 11) is 0. The first-order valence-electron chi connectivity index (χ1n) is 4.80. The molecule has 1 fully saturated rings.